The maximum atomic E-state index is 7.80. The Bertz CT molecular complexity index is 246. The standard InChI is InChI=1S/C13H29N5/c1-3-5-6-7-8-9-11-18(10-4-2)13(16)17-12(14)15/h3-11H2,1-2H3,(H5,14,15,16,17). The highest BCUT2D eigenvalue weighted by Gasteiger charge is 2.07. The molecule has 0 aliphatic heterocycles. The molecule has 0 amide bonds. The minimum absolute atomic E-state index is 0.0379. The minimum atomic E-state index is -0.0379. The molecule has 5 heteroatoms. The summed E-state index contributed by atoms with van der Waals surface area (Å²) in [7, 11) is 0. The second-order valence-corrected chi connectivity index (χ2v) is 4.62. The summed E-state index contributed by atoms with van der Waals surface area (Å²) in [5.41, 5.74) is 10.6. The number of guanidine groups is 2. The van der Waals surface area contributed by atoms with Crippen molar-refractivity contribution in [2.24, 2.45) is 16.5 Å². The van der Waals surface area contributed by atoms with Crippen LogP contribution >= 0.6 is 0 Å². The molecule has 5 N–H and O–H groups in total. The zero-order valence-electron chi connectivity index (χ0n) is 11.9. The number of hydrogen-bond acceptors (Lipinski definition) is 1. The molecule has 0 bridgehead atoms. The Morgan fingerprint density at radius 1 is 0.944 bits per heavy atom. The highest BCUT2D eigenvalue weighted by Crippen LogP contribution is 2.06. The van der Waals surface area contributed by atoms with Gasteiger partial charge in [-0.05, 0) is 12.8 Å². The van der Waals surface area contributed by atoms with E-state index in [0.717, 1.165) is 25.9 Å². The monoisotopic (exact) mass is 255 g/mol. The third kappa shape index (κ3) is 8.84. The van der Waals surface area contributed by atoms with Crippen molar-refractivity contribution in [3.8, 4) is 0 Å². The Kier molecular flexibility index (Phi) is 10.1. The van der Waals surface area contributed by atoms with Gasteiger partial charge in [-0.25, -0.2) is 0 Å². The molecule has 0 atom stereocenters. The van der Waals surface area contributed by atoms with Gasteiger partial charge in [0.15, 0.2) is 5.96 Å². The molecule has 0 radical (unpaired) electrons. The summed E-state index contributed by atoms with van der Waals surface area (Å²) in [6, 6.07) is 0. The topological polar surface area (TPSA) is 91.5 Å². The SMILES string of the molecule is CCCCCCCCN(CCC)C(=N)N=C(N)N. The lowest BCUT2D eigenvalue weighted by molar-refractivity contribution is 0.393. The van der Waals surface area contributed by atoms with E-state index in [4.69, 9.17) is 16.9 Å². The van der Waals surface area contributed by atoms with Gasteiger partial charge in [-0.15, -0.1) is 0 Å². The van der Waals surface area contributed by atoms with Crippen molar-refractivity contribution in [2.45, 2.75) is 58.8 Å². The van der Waals surface area contributed by atoms with Crippen LogP contribution in [0.4, 0.5) is 0 Å². The lowest BCUT2D eigenvalue weighted by Gasteiger charge is -2.21. The largest absolute Gasteiger partial charge is 0.370 e. The number of hydrogen-bond donors (Lipinski definition) is 3. The van der Waals surface area contributed by atoms with E-state index in [1.807, 2.05) is 4.90 Å². The number of nitrogens with zero attached hydrogens (tertiary/aromatic N) is 2. The van der Waals surface area contributed by atoms with Gasteiger partial charge in [-0.2, -0.15) is 4.99 Å². The van der Waals surface area contributed by atoms with Crippen LogP contribution in [0.2, 0.25) is 0 Å². The van der Waals surface area contributed by atoms with E-state index in [1.165, 1.54) is 32.1 Å². The lowest BCUT2D eigenvalue weighted by atomic mass is 10.1. The average Bonchev–Trinajstić information content (AvgIpc) is 2.31. The molecule has 0 rings (SSSR count). The molecule has 0 spiro atoms. The zero-order chi connectivity index (χ0) is 13.8. The molecular formula is C13H29N5. The van der Waals surface area contributed by atoms with Crippen molar-refractivity contribution in [1.29, 1.82) is 5.41 Å². The Balaban J connectivity index is 3.90. The van der Waals surface area contributed by atoms with E-state index in [-0.39, 0.29) is 11.9 Å². The quantitative estimate of drug-likeness (QED) is 0.335. The maximum absolute atomic E-state index is 7.80. The summed E-state index contributed by atoms with van der Waals surface area (Å²) >= 11 is 0. The first-order chi connectivity index (χ1) is 8.61. The Morgan fingerprint density at radius 3 is 2.11 bits per heavy atom. The smallest absolute Gasteiger partial charge is 0.221 e. The zero-order valence-corrected chi connectivity index (χ0v) is 11.9. The van der Waals surface area contributed by atoms with Crippen LogP contribution in [-0.4, -0.2) is 29.9 Å². The molecule has 0 aliphatic rings. The van der Waals surface area contributed by atoms with E-state index >= 15 is 0 Å². The first kappa shape index (κ1) is 16.7. The summed E-state index contributed by atoms with van der Waals surface area (Å²) in [6.07, 6.45) is 8.51. The van der Waals surface area contributed by atoms with Gasteiger partial charge in [0, 0.05) is 13.1 Å². The molecular weight excluding hydrogens is 226 g/mol. The summed E-state index contributed by atoms with van der Waals surface area (Å²) in [5, 5.41) is 7.80. The van der Waals surface area contributed by atoms with Crippen LogP contribution in [0.15, 0.2) is 4.99 Å². The van der Waals surface area contributed by atoms with Crippen molar-refractivity contribution in [2.75, 3.05) is 13.1 Å². The highest BCUT2D eigenvalue weighted by molar-refractivity contribution is 5.91. The second kappa shape index (κ2) is 10.9. The number of nitrogens with one attached hydrogen (secondary N) is 1. The van der Waals surface area contributed by atoms with Crippen LogP contribution in [0.3, 0.4) is 0 Å². The average molecular weight is 255 g/mol. The van der Waals surface area contributed by atoms with Gasteiger partial charge in [-0.3, -0.25) is 5.41 Å². The molecule has 0 fully saturated rings. The van der Waals surface area contributed by atoms with Gasteiger partial charge in [0.1, 0.15) is 0 Å². The van der Waals surface area contributed by atoms with Crippen molar-refractivity contribution in [3.05, 3.63) is 0 Å². The maximum Gasteiger partial charge on any atom is 0.221 e. The van der Waals surface area contributed by atoms with Crippen LogP contribution in [0, 0.1) is 5.41 Å². The van der Waals surface area contributed by atoms with E-state index in [9.17, 15) is 0 Å². The summed E-state index contributed by atoms with van der Waals surface area (Å²) in [6.45, 7) is 6.02. The van der Waals surface area contributed by atoms with Crippen LogP contribution in [0.25, 0.3) is 0 Å². The molecule has 0 heterocycles. The van der Waals surface area contributed by atoms with Crippen molar-refractivity contribution in [1.82, 2.24) is 4.90 Å². The van der Waals surface area contributed by atoms with E-state index in [1.54, 1.807) is 0 Å². The Hall–Kier alpha value is -1.26. The number of aliphatic imine (C=N–C) groups is 1. The molecule has 0 unspecified atom stereocenters. The van der Waals surface area contributed by atoms with Crippen LogP contribution in [0.1, 0.15) is 58.8 Å². The molecule has 0 saturated carbocycles. The van der Waals surface area contributed by atoms with Crippen molar-refractivity contribution >= 4 is 11.9 Å². The van der Waals surface area contributed by atoms with Crippen molar-refractivity contribution in [3.63, 3.8) is 0 Å². The van der Waals surface area contributed by atoms with Crippen LogP contribution < -0.4 is 11.5 Å². The van der Waals surface area contributed by atoms with Gasteiger partial charge in [0.2, 0.25) is 5.96 Å². The van der Waals surface area contributed by atoms with Gasteiger partial charge in [0.05, 0.1) is 0 Å². The van der Waals surface area contributed by atoms with E-state index in [0.29, 0.717) is 0 Å². The summed E-state index contributed by atoms with van der Waals surface area (Å²) in [4.78, 5) is 5.75. The number of nitrogens with two attached hydrogens (primary N) is 2. The van der Waals surface area contributed by atoms with Gasteiger partial charge >= 0.3 is 0 Å². The van der Waals surface area contributed by atoms with E-state index in [2.05, 4.69) is 18.8 Å². The molecule has 0 aromatic rings. The second-order valence-electron chi connectivity index (χ2n) is 4.62. The predicted octanol–water partition coefficient (Wildman–Crippen LogP) is 2.27. The Morgan fingerprint density at radius 2 is 1.56 bits per heavy atom. The molecule has 0 aromatic carbocycles. The van der Waals surface area contributed by atoms with E-state index < -0.39 is 0 Å². The Labute approximate surface area is 111 Å². The van der Waals surface area contributed by atoms with Crippen molar-refractivity contribution < 1.29 is 0 Å². The predicted molar refractivity (Wildman–Crippen MR) is 78.8 cm³/mol. The molecule has 18 heavy (non-hydrogen) atoms. The highest BCUT2D eigenvalue weighted by atomic mass is 15.3. The minimum Gasteiger partial charge on any atom is -0.370 e. The first-order valence-corrected chi connectivity index (χ1v) is 7.04. The van der Waals surface area contributed by atoms with Crippen LogP contribution in [0.5, 0.6) is 0 Å². The van der Waals surface area contributed by atoms with Crippen LogP contribution in [-0.2, 0) is 0 Å². The summed E-state index contributed by atoms with van der Waals surface area (Å²) in [5.74, 6) is 0.148. The normalized spacial score (nSPS) is 10.1. The van der Waals surface area contributed by atoms with Gasteiger partial charge in [-0.1, -0.05) is 46.0 Å². The molecule has 5 nitrogen and oxygen atoms in total. The number of unbranched alkanes of at least 4 members (excludes halogenated alkanes) is 5. The fraction of sp³-hybridized carbons (Fsp3) is 0.846. The third-order valence-electron chi connectivity index (χ3n) is 2.81. The summed E-state index contributed by atoms with van der Waals surface area (Å²) < 4.78 is 0. The number of rotatable bonds is 9. The fourth-order valence-corrected chi connectivity index (χ4v) is 1.87. The first-order valence-electron chi connectivity index (χ1n) is 7.04. The lowest BCUT2D eigenvalue weighted by Crippen LogP contribution is -2.34. The molecule has 0 aliphatic carbocycles. The third-order valence-corrected chi connectivity index (χ3v) is 2.81. The van der Waals surface area contributed by atoms with Gasteiger partial charge < -0.3 is 16.4 Å². The molecule has 106 valence electrons. The molecule has 0 saturated heterocycles. The molecule has 0 aromatic heterocycles. The fourth-order valence-electron chi connectivity index (χ4n) is 1.87. The van der Waals surface area contributed by atoms with Gasteiger partial charge in [0.25, 0.3) is 0 Å².